The van der Waals surface area contributed by atoms with E-state index < -0.39 is 0 Å². The van der Waals surface area contributed by atoms with Crippen LogP contribution in [0.25, 0.3) is 0 Å². The molecule has 0 amide bonds. The van der Waals surface area contributed by atoms with Gasteiger partial charge in [-0.15, -0.1) is 0 Å². The number of hydrogen-bond acceptors (Lipinski definition) is 3. The summed E-state index contributed by atoms with van der Waals surface area (Å²) in [5.41, 5.74) is 0. The first-order valence-corrected chi connectivity index (χ1v) is 4.76. The number of carbonyl (C=O) groups excluding carboxylic acids is 1. The Labute approximate surface area is 78.7 Å². The highest BCUT2D eigenvalue weighted by atomic mass is 16.5. The number of carbonyl (C=O) groups is 1. The van der Waals surface area contributed by atoms with Gasteiger partial charge in [0.05, 0.1) is 18.8 Å². The lowest BCUT2D eigenvalue weighted by Gasteiger charge is -2.35. The van der Waals surface area contributed by atoms with E-state index in [0.29, 0.717) is 6.10 Å². The molecule has 2 heterocycles. The zero-order valence-corrected chi connectivity index (χ0v) is 8.16. The third-order valence-electron chi connectivity index (χ3n) is 2.37. The van der Waals surface area contributed by atoms with Gasteiger partial charge in [0.2, 0.25) is 0 Å². The molecule has 13 heavy (non-hydrogen) atoms. The molecule has 0 aromatic rings. The fourth-order valence-electron chi connectivity index (χ4n) is 1.32. The summed E-state index contributed by atoms with van der Waals surface area (Å²) in [4.78, 5) is 9.59. The first-order valence-electron chi connectivity index (χ1n) is 4.76. The second-order valence-electron chi connectivity index (χ2n) is 3.19. The normalized spacial score (nSPS) is 29.2. The second-order valence-corrected chi connectivity index (χ2v) is 3.19. The Hall–Kier alpha value is -0.830. The molecule has 2 aliphatic heterocycles. The van der Waals surface area contributed by atoms with Gasteiger partial charge in [0.15, 0.2) is 0 Å². The second kappa shape index (κ2) is 5.02. The summed E-state index contributed by atoms with van der Waals surface area (Å²) in [6, 6.07) is 0. The Balaban J connectivity index is 0.000000145. The molecule has 0 aromatic heterocycles. The van der Waals surface area contributed by atoms with Crippen molar-refractivity contribution in [1.29, 1.82) is 0 Å². The van der Waals surface area contributed by atoms with Crippen LogP contribution in [0.5, 0.6) is 0 Å². The summed E-state index contributed by atoms with van der Waals surface area (Å²) in [7, 11) is 0. The molecule has 1 fully saturated rings. The van der Waals surface area contributed by atoms with Crippen molar-refractivity contribution >= 4 is 5.97 Å². The van der Waals surface area contributed by atoms with Gasteiger partial charge in [0, 0.05) is 5.92 Å². The summed E-state index contributed by atoms with van der Waals surface area (Å²) in [6.45, 7) is 5.43. The fraction of sp³-hybridized carbons (Fsp3) is 0.700. The van der Waals surface area contributed by atoms with Gasteiger partial charge in [-0.1, -0.05) is 13.8 Å². The van der Waals surface area contributed by atoms with Gasteiger partial charge in [-0.2, -0.15) is 0 Å². The third kappa shape index (κ3) is 2.84. The van der Waals surface area contributed by atoms with E-state index in [9.17, 15) is 4.79 Å². The highest BCUT2D eigenvalue weighted by molar-refractivity contribution is 5.86. The number of hydrogen-bond donors (Lipinski definition) is 0. The quantitative estimate of drug-likeness (QED) is 0.615. The minimum absolute atomic E-state index is 0.245. The molecule has 2 unspecified atom stereocenters. The summed E-state index contributed by atoms with van der Waals surface area (Å²) in [5.74, 6) is 0.630. The van der Waals surface area contributed by atoms with E-state index in [1.165, 1.54) is 25.2 Å². The van der Waals surface area contributed by atoms with Crippen LogP contribution in [0.3, 0.4) is 0 Å². The maximum atomic E-state index is 9.59. The highest BCUT2D eigenvalue weighted by Crippen LogP contribution is 2.25. The molecule has 74 valence electrons. The lowest BCUT2D eigenvalue weighted by atomic mass is 9.93. The molecule has 3 nitrogen and oxygen atoms in total. The van der Waals surface area contributed by atoms with E-state index >= 15 is 0 Å². The zero-order valence-electron chi connectivity index (χ0n) is 8.16. The average molecular weight is 184 g/mol. The van der Waals surface area contributed by atoms with Crippen LogP contribution in [-0.2, 0) is 14.3 Å². The molecule has 2 rings (SSSR count). The number of ether oxygens (including phenoxy) is 2. The molecular formula is C10H16O3. The molecule has 2 atom stereocenters. The smallest absolute Gasteiger partial charge is 0.338 e. The molecule has 0 spiro atoms. The summed E-state index contributed by atoms with van der Waals surface area (Å²) in [6.07, 6.45) is 5.79. The Bertz CT molecular complexity index is 184. The summed E-state index contributed by atoms with van der Waals surface area (Å²) >= 11 is 0. The molecule has 2 aliphatic rings. The number of rotatable bonds is 2. The Morgan fingerprint density at radius 3 is 2.15 bits per heavy atom. The summed E-state index contributed by atoms with van der Waals surface area (Å²) in [5, 5.41) is 0. The van der Waals surface area contributed by atoms with Crippen molar-refractivity contribution in [2.75, 3.05) is 6.61 Å². The minimum Gasteiger partial charge on any atom is -0.431 e. The van der Waals surface area contributed by atoms with E-state index in [0.717, 1.165) is 12.5 Å². The lowest BCUT2D eigenvalue weighted by molar-refractivity contribution is -0.136. The van der Waals surface area contributed by atoms with Gasteiger partial charge in [-0.05, 0) is 12.8 Å². The van der Waals surface area contributed by atoms with Crippen LogP contribution < -0.4 is 0 Å². The predicted molar refractivity (Wildman–Crippen MR) is 49.0 cm³/mol. The fourth-order valence-corrected chi connectivity index (χ4v) is 1.32. The van der Waals surface area contributed by atoms with Crippen LogP contribution in [0.4, 0.5) is 0 Å². The van der Waals surface area contributed by atoms with Crippen molar-refractivity contribution in [2.24, 2.45) is 5.92 Å². The Kier molecular flexibility index (Phi) is 3.96. The molecule has 0 saturated carbocycles. The molecule has 0 N–H and O–H groups in total. The first kappa shape index (κ1) is 10.3. The highest BCUT2D eigenvalue weighted by Gasteiger charge is 2.27. The standard InChI is InChI=1S/C7H14O.C3H2O2/c1-3-6-5-8-7(6)4-2;4-3-1-2-5-3/h6-7H,3-5H2,1-2H3;1-2H. The molecule has 0 aromatic carbocycles. The monoisotopic (exact) mass is 184 g/mol. The van der Waals surface area contributed by atoms with E-state index in [2.05, 4.69) is 18.6 Å². The van der Waals surface area contributed by atoms with Crippen LogP contribution in [0.15, 0.2) is 12.3 Å². The van der Waals surface area contributed by atoms with Crippen molar-refractivity contribution in [3.05, 3.63) is 12.3 Å². The third-order valence-corrected chi connectivity index (χ3v) is 2.37. The van der Waals surface area contributed by atoms with Crippen LogP contribution in [-0.4, -0.2) is 18.7 Å². The Morgan fingerprint density at radius 2 is 2.08 bits per heavy atom. The van der Waals surface area contributed by atoms with Crippen LogP contribution in [0.2, 0.25) is 0 Å². The minimum atomic E-state index is -0.245. The van der Waals surface area contributed by atoms with E-state index in [1.54, 1.807) is 0 Å². The molecule has 0 bridgehead atoms. The van der Waals surface area contributed by atoms with Gasteiger partial charge in [-0.3, -0.25) is 0 Å². The molecule has 3 heteroatoms. The molecule has 0 aliphatic carbocycles. The first-order chi connectivity index (χ1) is 6.27. The van der Waals surface area contributed by atoms with E-state index in [4.69, 9.17) is 4.74 Å². The van der Waals surface area contributed by atoms with Gasteiger partial charge in [0.25, 0.3) is 0 Å². The largest absolute Gasteiger partial charge is 0.431 e. The van der Waals surface area contributed by atoms with Crippen molar-refractivity contribution in [3.8, 4) is 0 Å². The molecule has 1 saturated heterocycles. The number of cyclic esters (lactones) is 1. The van der Waals surface area contributed by atoms with Gasteiger partial charge < -0.3 is 9.47 Å². The topological polar surface area (TPSA) is 35.5 Å². The van der Waals surface area contributed by atoms with Crippen molar-refractivity contribution in [3.63, 3.8) is 0 Å². The van der Waals surface area contributed by atoms with Gasteiger partial charge in [0.1, 0.15) is 6.26 Å². The van der Waals surface area contributed by atoms with Gasteiger partial charge in [-0.25, -0.2) is 4.79 Å². The number of esters is 1. The Morgan fingerprint density at radius 1 is 1.46 bits per heavy atom. The van der Waals surface area contributed by atoms with Crippen molar-refractivity contribution < 1.29 is 14.3 Å². The summed E-state index contributed by atoms with van der Waals surface area (Å²) < 4.78 is 9.39. The zero-order chi connectivity index (χ0) is 9.68. The lowest BCUT2D eigenvalue weighted by Crippen LogP contribution is -2.38. The van der Waals surface area contributed by atoms with Crippen LogP contribution in [0, 0.1) is 5.92 Å². The SMILES string of the molecule is CCC1COC1CC.O=C1C=CO1. The average Bonchev–Trinajstić information content (AvgIpc) is 2.02. The van der Waals surface area contributed by atoms with E-state index in [1.807, 2.05) is 0 Å². The van der Waals surface area contributed by atoms with Gasteiger partial charge >= 0.3 is 5.97 Å². The van der Waals surface area contributed by atoms with Crippen molar-refractivity contribution in [1.82, 2.24) is 0 Å². The van der Waals surface area contributed by atoms with E-state index in [-0.39, 0.29) is 5.97 Å². The molecule has 0 radical (unpaired) electrons. The molecular weight excluding hydrogens is 168 g/mol. The van der Waals surface area contributed by atoms with Crippen LogP contribution in [0.1, 0.15) is 26.7 Å². The maximum Gasteiger partial charge on any atom is 0.338 e. The maximum absolute atomic E-state index is 9.59. The predicted octanol–water partition coefficient (Wildman–Crippen LogP) is 1.88. The van der Waals surface area contributed by atoms with Crippen molar-refractivity contribution in [2.45, 2.75) is 32.8 Å². The van der Waals surface area contributed by atoms with Crippen LogP contribution >= 0.6 is 0 Å².